The minimum absolute atomic E-state index is 0.0169. The van der Waals surface area contributed by atoms with E-state index >= 15 is 0 Å². The summed E-state index contributed by atoms with van der Waals surface area (Å²) in [5, 5.41) is 0. The topological polar surface area (TPSA) is 46.3 Å². The number of nitrogens with two attached hydrogens (primary N) is 1. The summed E-state index contributed by atoms with van der Waals surface area (Å²) in [7, 11) is 0. The fourth-order valence-corrected chi connectivity index (χ4v) is 3.17. The molecule has 1 heterocycles. The van der Waals surface area contributed by atoms with Crippen LogP contribution in [-0.2, 0) is 11.2 Å². The summed E-state index contributed by atoms with van der Waals surface area (Å²) in [5.41, 5.74) is 9.76. The number of carbonyl (C=O) groups excluding carboxylic acids is 1. The number of likely N-dealkylation sites (tertiary alicyclic amines) is 1. The number of nitrogens with zero attached hydrogens (tertiary/aromatic N) is 1. The molecule has 0 unspecified atom stereocenters. The molecule has 22 heavy (non-hydrogen) atoms. The zero-order valence-electron chi connectivity index (χ0n) is 12.9. The molecule has 0 saturated carbocycles. The fourth-order valence-electron chi connectivity index (χ4n) is 3.17. The molecule has 2 N–H and O–H groups in total. The first kappa shape index (κ1) is 14.8. The van der Waals surface area contributed by atoms with Gasteiger partial charge in [0.1, 0.15) is 0 Å². The number of hydrogen-bond donors (Lipinski definition) is 1. The van der Waals surface area contributed by atoms with Crippen LogP contribution in [0.4, 0.5) is 0 Å². The van der Waals surface area contributed by atoms with Crippen LogP contribution in [0.5, 0.6) is 0 Å². The number of hydrogen-bond acceptors (Lipinski definition) is 2. The van der Waals surface area contributed by atoms with E-state index in [2.05, 4.69) is 12.1 Å². The van der Waals surface area contributed by atoms with Crippen LogP contribution in [0, 0.1) is 6.92 Å². The van der Waals surface area contributed by atoms with Crippen molar-refractivity contribution in [3.05, 3.63) is 71.3 Å². The van der Waals surface area contributed by atoms with Crippen molar-refractivity contribution < 1.29 is 4.79 Å². The van der Waals surface area contributed by atoms with Crippen molar-refractivity contribution in [2.24, 2.45) is 5.73 Å². The molecular weight excluding hydrogens is 272 g/mol. The van der Waals surface area contributed by atoms with Gasteiger partial charge in [-0.1, -0.05) is 54.6 Å². The van der Waals surface area contributed by atoms with Crippen LogP contribution >= 0.6 is 0 Å². The van der Waals surface area contributed by atoms with E-state index in [4.69, 9.17) is 5.73 Å². The maximum atomic E-state index is 12.6. The van der Waals surface area contributed by atoms with Gasteiger partial charge in [-0.15, -0.1) is 0 Å². The molecule has 1 aliphatic rings. The summed E-state index contributed by atoms with van der Waals surface area (Å²) >= 11 is 0. The fraction of sp³-hybridized carbons (Fsp3) is 0.316. The Bertz CT molecular complexity index is 653. The molecular formula is C19H22N2O. The molecule has 114 valence electrons. The largest absolute Gasteiger partial charge is 0.340 e. The highest BCUT2D eigenvalue weighted by molar-refractivity contribution is 5.79. The Hall–Kier alpha value is -2.13. The second-order valence-electron chi connectivity index (χ2n) is 6.08. The van der Waals surface area contributed by atoms with E-state index in [0.717, 1.165) is 12.1 Å². The predicted octanol–water partition coefficient (Wildman–Crippen LogP) is 2.49. The lowest BCUT2D eigenvalue weighted by atomic mass is 9.95. The monoisotopic (exact) mass is 294 g/mol. The second kappa shape index (κ2) is 6.32. The Morgan fingerprint density at radius 2 is 1.77 bits per heavy atom. The average Bonchev–Trinajstić information content (AvgIpc) is 2.92. The maximum absolute atomic E-state index is 12.6. The first-order valence-electron chi connectivity index (χ1n) is 7.78. The van der Waals surface area contributed by atoms with Crippen molar-refractivity contribution in [3.63, 3.8) is 0 Å². The van der Waals surface area contributed by atoms with Crippen LogP contribution in [0.2, 0.25) is 0 Å². The van der Waals surface area contributed by atoms with Gasteiger partial charge in [0.05, 0.1) is 6.42 Å². The van der Waals surface area contributed by atoms with Gasteiger partial charge in [-0.2, -0.15) is 0 Å². The van der Waals surface area contributed by atoms with E-state index < -0.39 is 0 Å². The summed E-state index contributed by atoms with van der Waals surface area (Å²) in [4.78, 5) is 14.5. The Morgan fingerprint density at radius 3 is 2.50 bits per heavy atom. The normalized spacial score (nSPS) is 21.1. The van der Waals surface area contributed by atoms with Gasteiger partial charge in [0.2, 0.25) is 5.91 Å². The van der Waals surface area contributed by atoms with Crippen LogP contribution < -0.4 is 5.73 Å². The number of carbonyl (C=O) groups is 1. The van der Waals surface area contributed by atoms with E-state index in [1.165, 1.54) is 11.1 Å². The summed E-state index contributed by atoms with van der Waals surface area (Å²) in [6.07, 6.45) is 0.459. The second-order valence-corrected chi connectivity index (χ2v) is 6.08. The van der Waals surface area contributed by atoms with Gasteiger partial charge in [-0.05, 0) is 23.6 Å². The molecule has 0 bridgehead atoms. The van der Waals surface area contributed by atoms with E-state index in [1.807, 2.05) is 54.3 Å². The van der Waals surface area contributed by atoms with E-state index in [-0.39, 0.29) is 17.9 Å². The van der Waals surface area contributed by atoms with Gasteiger partial charge >= 0.3 is 0 Å². The highest BCUT2D eigenvalue weighted by atomic mass is 16.2. The highest BCUT2D eigenvalue weighted by Crippen LogP contribution is 2.26. The Morgan fingerprint density at radius 1 is 1.09 bits per heavy atom. The quantitative estimate of drug-likeness (QED) is 0.945. The summed E-state index contributed by atoms with van der Waals surface area (Å²) in [6.45, 7) is 3.41. The molecule has 0 aromatic heterocycles. The van der Waals surface area contributed by atoms with Crippen LogP contribution in [0.15, 0.2) is 54.6 Å². The van der Waals surface area contributed by atoms with Gasteiger partial charge in [-0.3, -0.25) is 4.79 Å². The van der Waals surface area contributed by atoms with Crippen molar-refractivity contribution >= 4 is 5.91 Å². The van der Waals surface area contributed by atoms with E-state index in [1.54, 1.807) is 0 Å². The Labute approximate surface area is 131 Å². The lowest BCUT2D eigenvalue weighted by Gasteiger charge is -2.17. The third-order valence-corrected chi connectivity index (χ3v) is 4.55. The molecule has 1 saturated heterocycles. The SMILES string of the molecule is Cc1ccccc1CC(=O)N1C[C@@H](N)[C@H](c2ccccc2)C1. The van der Waals surface area contributed by atoms with Crippen molar-refractivity contribution in [1.29, 1.82) is 0 Å². The van der Waals surface area contributed by atoms with Gasteiger partial charge in [0, 0.05) is 25.0 Å². The van der Waals surface area contributed by atoms with Crippen molar-refractivity contribution in [1.82, 2.24) is 4.90 Å². The molecule has 1 amide bonds. The number of aryl methyl sites for hydroxylation is 1. The minimum atomic E-state index is 0.0169. The number of amides is 1. The molecule has 3 heteroatoms. The van der Waals surface area contributed by atoms with E-state index in [9.17, 15) is 4.79 Å². The van der Waals surface area contributed by atoms with Crippen LogP contribution in [0.1, 0.15) is 22.6 Å². The van der Waals surface area contributed by atoms with Gasteiger partial charge in [0.15, 0.2) is 0 Å². The smallest absolute Gasteiger partial charge is 0.227 e. The molecule has 2 aromatic rings. The molecule has 3 rings (SSSR count). The first-order chi connectivity index (χ1) is 10.6. The van der Waals surface area contributed by atoms with Crippen LogP contribution in [0.3, 0.4) is 0 Å². The first-order valence-corrected chi connectivity index (χ1v) is 7.78. The van der Waals surface area contributed by atoms with Gasteiger partial charge in [0.25, 0.3) is 0 Å². The van der Waals surface area contributed by atoms with Crippen LogP contribution in [0.25, 0.3) is 0 Å². The lowest BCUT2D eigenvalue weighted by molar-refractivity contribution is -0.129. The third-order valence-electron chi connectivity index (χ3n) is 4.55. The van der Waals surface area contributed by atoms with E-state index in [0.29, 0.717) is 13.0 Å². The van der Waals surface area contributed by atoms with Gasteiger partial charge in [-0.25, -0.2) is 0 Å². The molecule has 0 radical (unpaired) electrons. The molecule has 3 nitrogen and oxygen atoms in total. The zero-order valence-corrected chi connectivity index (χ0v) is 12.9. The molecule has 1 fully saturated rings. The Kier molecular flexibility index (Phi) is 4.25. The predicted molar refractivity (Wildman–Crippen MR) is 88.6 cm³/mol. The minimum Gasteiger partial charge on any atom is -0.340 e. The number of benzene rings is 2. The highest BCUT2D eigenvalue weighted by Gasteiger charge is 2.33. The average molecular weight is 294 g/mol. The summed E-state index contributed by atoms with van der Waals surface area (Å²) in [6, 6.07) is 18.3. The van der Waals surface area contributed by atoms with Crippen molar-refractivity contribution in [2.75, 3.05) is 13.1 Å². The lowest BCUT2D eigenvalue weighted by Crippen LogP contribution is -2.33. The molecule has 2 aromatic carbocycles. The van der Waals surface area contributed by atoms with Crippen LogP contribution in [-0.4, -0.2) is 29.9 Å². The third kappa shape index (κ3) is 3.04. The maximum Gasteiger partial charge on any atom is 0.227 e. The van der Waals surface area contributed by atoms with Crippen molar-refractivity contribution in [3.8, 4) is 0 Å². The molecule has 2 atom stereocenters. The standard InChI is InChI=1S/C19H22N2O/c1-14-7-5-6-10-16(14)11-19(22)21-12-17(18(20)13-21)15-8-3-2-4-9-15/h2-10,17-18H,11-13,20H2,1H3/t17-,18+/m0/s1. The Balaban J connectivity index is 1.69. The molecule has 0 spiro atoms. The molecule has 0 aliphatic carbocycles. The zero-order chi connectivity index (χ0) is 15.5. The number of rotatable bonds is 3. The summed E-state index contributed by atoms with van der Waals surface area (Å²) in [5.74, 6) is 0.408. The van der Waals surface area contributed by atoms with Crippen molar-refractivity contribution in [2.45, 2.75) is 25.3 Å². The molecule has 1 aliphatic heterocycles. The van der Waals surface area contributed by atoms with Gasteiger partial charge < -0.3 is 10.6 Å². The summed E-state index contributed by atoms with van der Waals surface area (Å²) < 4.78 is 0.